The van der Waals surface area contributed by atoms with Crippen LogP contribution in [0.3, 0.4) is 0 Å². The van der Waals surface area contributed by atoms with Crippen LogP contribution in [0.4, 0.5) is 0 Å². The second-order valence-electron chi connectivity index (χ2n) is 20.4. The summed E-state index contributed by atoms with van der Waals surface area (Å²) in [6, 6.07) is 0. The molecule has 53 heavy (non-hydrogen) atoms. The van der Waals surface area contributed by atoms with Gasteiger partial charge in [0.05, 0.1) is 16.9 Å². The molecule has 0 radical (unpaired) electrons. The molecule has 298 valence electrons. The molecule has 1 aliphatic heterocycles. The lowest BCUT2D eigenvalue weighted by Crippen LogP contribution is -2.68. The maximum absolute atomic E-state index is 12.9. The van der Waals surface area contributed by atoms with Crippen LogP contribution in [0.5, 0.6) is 0 Å². The second kappa shape index (κ2) is 14.3. The van der Waals surface area contributed by atoms with E-state index in [1.54, 1.807) is 23.0 Å². The molecular formula is C44H69IN2O5S. The van der Waals surface area contributed by atoms with Crippen molar-refractivity contribution in [2.24, 2.45) is 56.7 Å². The lowest BCUT2D eigenvalue weighted by atomic mass is 9.33. The Morgan fingerprint density at radius 1 is 0.962 bits per heavy atom. The highest BCUT2D eigenvalue weighted by Crippen LogP contribution is 2.76. The third kappa shape index (κ3) is 6.41. The first-order chi connectivity index (χ1) is 24.9. The van der Waals surface area contributed by atoms with E-state index in [0.717, 1.165) is 32.4 Å². The minimum Gasteiger partial charge on any atom is -0.396 e. The molecule has 10 atom stereocenters. The quantitative estimate of drug-likeness (QED) is 0.177. The summed E-state index contributed by atoms with van der Waals surface area (Å²) in [6.45, 7) is 23.3. The highest BCUT2D eigenvalue weighted by Gasteiger charge is 2.70. The second-order valence-corrected chi connectivity index (χ2v) is 23.1. The van der Waals surface area contributed by atoms with Gasteiger partial charge < -0.3 is 18.4 Å². The number of sulfone groups is 1. The molecule has 5 fully saturated rings. The van der Waals surface area contributed by atoms with Crippen molar-refractivity contribution in [3.05, 3.63) is 35.5 Å². The highest BCUT2D eigenvalue weighted by molar-refractivity contribution is 14.1. The molecule has 4 saturated carbocycles. The molecule has 0 aromatic heterocycles. The van der Waals surface area contributed by atoms with E-state index in [4.69, 9.17) is 3.07 Å². The number of hydrogen-bond donors (Lipinski definition) is 2. The summed E-state index contributed by atoms with van der Waals surface area (Å²) in [6.07, 6.45) is 19.0. The molecule has 1 saturated heterocycles. The van der Waals surface area contributed by atoms with Gasteiger partial charge in [0.2, 0.25) is 0 Å². The number of nitrogens with one attached hydrogen (secondary N) is 1. The minimum absolute atomic E-state index is 0.00413. The maximum Gasteiger partial charge on any atom is 0.321 e. The first kappa shape index (κ1) is 40.4. The summed E-state index contributed by atoms with van der Waals surface area (Å²) in [7, 11) is -2.86. The molecule has 0 aromatic carbocycles. The third-order valence-corrected chi connectivity index (χ3v) is 20.0. The summed E-state index contributed by atoms with van der Waals surface area (Å²) >= 11 is 1.71. The van der Waals surface area contributed by atoms with Crippen LogP contribution < -0.4 is 5.32 Å². The van der Waals surface area contributed by atoms with E-state index < -0.39 is 15.3 Å². The number of allylic oxidation sites excluding steroid dienone is 5. The van der Waals surface area contributed by atoms with Gasteiger partial charge in [-0.25, -0.2) is 8.42 Å². The largest absolute Gasteiger partial charge is 0.396 e. The number of rotatable bonds is 9. The van der Waals surface area contributed by atoms with Crippen LogP contribution in [0.15, 0.2) is 35.5 Å². The fourth-order valence-electron chi connectivity index (χ4n) is 15.0. The molecule has 9 heteroatoms. The number of aliphatic hydroxyl groups is 1. The van der Waals surface area contributed by atoms with Gasteiger partial charge >= 0.3 is 5.97 Å². The van der Waals surface area contributed by atoms with Crippen molar-refractivity contribution in [2.75, 3.05) is 44.3 Å². The first-order valence-corrected chi connectivity index (χ1v) is 23.8. The summed E-state index contributed by atoms with van der Waals surface area (Å²) in [4.78, 5) is 15.2. The predicted molar refractivity (Wildman–Crippen MR) is 222 cm³/mol. The average molecular weight is 865 g/mol. The average Bonchev–Trinajstić information content (AvgIpc) is 3.49. The van der Waals surface area contributed by atoms with E-state index in [9.17, 15) is 18.3 Å². The number of carbonyl (C=O) groups is 1. The van der Waals surface area contributed by atoms with E-state index in [-0.39, 0.29) is 39.8 Å². The van der Waals surface area contributed by atoms with Crippen LogP contribution in [0.1, 0.15) is 125 Å². The molecule has 2 unspecified atom stereocenters. The van der Waals surface area contributed by atoms with E-state index >= 15 is 0 Å². The van der Waals surface area contributed by atoms with Crippen molar-refractivity contribution in [3.63, 3.8) is 0 Å². The van der Waals surface area contributed by atoms with Crippen LogP contribution in [0.25, 0.3) is 0 Å². The van der Waals surface area contributed by atoms with Crippen LogP contribution in [0, 0.1) is 56.7 Å². The molecule has 7 aliphatic rings. The zero-order valence-electron chi connectivity index (χ0n) is 33.7. The van der Waals surface area contributed by atoms with Gasteiger partial charge in [-0.15, -0.1) is 0 Å². The van der Waals surface area contributed by atoms with Crippen molar-refractivity contribution < 1.29 is 21.4 Å². The maximum atomic E-state index is 12.9. The van der Waals surface area contributed by atoms with Gasteiger partial charge in [0.1, 0.15) is 0 Å². The fraction of sp³-hybridized carbons (Fsp3) is 0.841. The van der Waals surface area contributed by atoms with Crippen molar-refractivity contribution in [1.82, 2.24) is 10.2 Å². The van der Waals surface area contributed by atoms with E-state index in [0.29, 0.717) is 67.0 Å². The van der Waals surface area contributed by atoms with E-state index in [1.807, 2.05) is 0 Å². The van der Waals surface area contributed by atoms with Gasteiger partial charge in [0, 0.05) is 38.3 Å². The van der Waals surface area contributed by atoms with Gasteiger partial charge in [-0.05, 0) is 153 Å². The summed E-state index contributed by atoms with van der Waals surface area (Å²) in [5.41, 5.74) is 4.71. The number of carbonyl (C=O) groups excluding carboxylic acids is 1. The predicted octanol–water partition coefficient (Wildman–Crippen LogP) is 8.63. The van der Waals surface area contributed by atoms with Crippen molar-refractivity contribution >= 4 is 38.8 Å². The van der Waals surface area contributed by atoms with Crippen molar-refractivity contribution in [2.45, 2.75) is 131 Å². The monoisotopic (exact) mass is 864 g/mol. The Balaban J connectivity index is 1.12. The molecule has 0 amide bonds. The Bertz CT molecular complexity index is 1630. The van der Waals surface area contributed by atoms with E-state index in [1.165, 1.54) is 68.1 Å². The summed E-state index contributed by atoms with van der Waals surface area (Å²) in [5, 5.41) is 14.0. The molecular weight excluding hydrogens is 795 g/mol. The number of fused-ring (bicyclic) bond motifs is 7. The topological polar surface area (TPSA) is 95.9 Å². The molecule has 7 rings (SSSR count). The lowest BCUT2D eigenvalue weighted by Gasteiger charge is -2.72. The van der Waals surface area contributed by atoms with Crippen molar-refractivity contribution in [3.8, 4) is 0 Å². The standard InChI is InChI=1S/C44H69IN2O5S/c1-30(2)32-12-19-44(46-23-24-47-25-28-53(50,51)29-26-47)21-20-41(6)34(37(32)44)8-9-36-40(5)15-13-33(39(3,4)35(40)14-16-42(36,41)7)31-10-17-43(18-11-31,22-27-48)38(49)52-45/h10,13,32,34-37,46,48H,1,8-9,11-12,14-29H2,2-7H3/t32-,34+,35-,36?,37+,40-,41+,42+,43?,44-/m0/s1. The molecule has 1 heterocycles. The SMILES string of the molecule is C=C(C)[C@@H]1CC[C@]2(NCCN3CCS(=O)(=O)CC3)CC[C@]3(C)[C@H](CCC4[C@@]5(C)CC=C(C6=CCC(CCO)(C(=O)OI)CC6)C(C)(C)[C@@H]5CC[C@]43C)[C@@H]12. The van der Waals surface area contributed by atoms with Crippen LogP contribution >= 0.6 is 23.0 Å². The minimum atomic E-state index is -2.86. The van der Waals surface area contributed by atoms with Gasteiger partial charge in [-0.2, -0.15) is 0 Å². The first-order valence-electron chi connectivity index (χ1n) is 21.1. The Hall–Kier alpha value is -0.750. The zero-order valence-corrected chi connectivity index (χ0v) is 36.7. The zero-order chi connectivity index (χ0) is 38.2. The van der Waals surface area contributed by atoms with Gasteiger partial charge in [-0.3, -0.25) is 4.79 Å². The number of hydrogen-bond acceptors (Lipinski definition) is 7. The molecule has 7 nitrogen and oxygen atoms in total. The highest BCUT2D eigenvalue weighted by atomic mass is 127. The number of nitrogens with zero attached hydrogens (tertiary/aromatic N) is 1. The van der Waals surface area contributed by atoms with Crippen LogP contribution in [-0.4, -0.2) is 74.2 Å². The number of halogens is 1. The Morgan fingerprint density at radius 2 is 1.70 bits per heavy atom. The number of aliphatic hydroxyl groups excluding tert-OH is 1. The summed E-state index contributed by atoms with van der Waals surface area (Å²) < 4.78 is 29.3. The van der Waals surface area contributed by atoms with Gasteiger partial charge in [0.15, 0.2) is 32.8 Å². The van der Waals surface area contributed by atoms with Crippen molar-refractivity contribution in [1.29, 1.82) is 0 Å². The molecule has 2 N–H and O–H groups in total. The van der Waals surface area contributed by atoms with Gasteiger partial charge in [-0.1, -0.05) is 58.9 Å². The molecule has 6 aliphatic carbocycles. The Kier molecular flexibility index (Phi) is 10.9. The summed E-state index contributed by atoms with van der Waals surface area (Å²) in [5.74, 6) is 3.56. The Morgan fingerprint density at radius 3 is 2.34 bits per heavy atom. The molecule has 0 aromatic rings. The molecule has 0 spiro atoms. The van der Waals surface area contributed by atoms with Crippen LogP contribution in [0.2, 0.25) is 0 Å². The smallest absolute Gasteiger partial charge is 0.321 e. The third-order valence-electron chi connectivity index (χ3n) is 18.0. The fourth-order valence-corrected chi connectivity index (χ4v) is 16.7. The normalized spacial score (nSPS) is 44.7. The Labute approximate surface area is 335 Å². The lowest BCUT2D eigenvalue weighted by molar-refractivity contribution is -0.221. The van der Waals surface area contributed by atoms with E-state index in [2.05, 4.69) is 70.5 Å². The molecule has 0 bridgehead atoms. The van der Waals surface area contributed by atoms with Crippen LogP contribution in [-0.2, 0) is 17.7 Å². The van der Waals surface area contributed by atoms with Gasteiger partial charge in [0.25, 0.3) is 0 Å².